The predicted molar refractivity (Wildman–Crippen MR) is 278 cm³/mol. The Hall–Kier alpha value is -8.24. The molecule has 0 atom stereocenters. The van der Waals surface area contributed by atoms with E-state index in [4.69, 9.17) is 4.42 Å². The lowest BCUT2D eigenvalue weighted by Gasteiger charge is -2.28. The van der Waals surface area contributed by atoms with Crippen molar-refractivity contribution in [1.29, 1.82) is 0 Å². The van der Waals surface area contributed by atoms with E-state index >= 15 is 0 Å². The molecule has 2 aromatic heterocycles. The van der Waals surface area contributed by atoms with Crippen LogP contribution in [-0.4, -0.2) is 0 Å². The maximum absolute atomic E-state index is 7.25. The van der Waals surface area contributed by atoms with Crippen molar-refractivity contribution in [3.63, 3.8) is 0 Å². The summed E-state index contributed by atoms with van der Waals surface area (Å²) >= 11 is 1.85. The Morgan fingerprint density at radius 1 is 0.338 bits per heavy atom. The van der Waals surface area contributed by atoms with Gasteiger partial charge in [0.2, 0.25) is 0 Å². The zero-order valence-electron chi connectivity index (χ0n) is 35.3. The Morgan fingerprint density at radius 2 is 0.892 bits per heavy atom. The van der Waals surface area contributed by atoms with Gasteiger partial charge in [0.15, 0.2) is 0 Å². The lowest BCUT2D eigenvalue weighted by Crippen LogP contribution is -2.11. The molecule has 65 heavy (non-hydrogen) atoms. The fourth-order valence-corrected chi connectivity index (χ4v) is 11.2. The zero-order valence-corrected chi connectivity index (χ0v) is 36.1. The first kappa shape index (κ1) is 37.3. The van der Waals surface area contributed by atoms with E-state index in [1.807, 2.05) is 11.3 Å². The quantitative estimate of drug-likeness (QED) is 0.159. The third kappa shape index (κ3) is 6.24. The zero-order chi connectivity index (χ0) is 42.8. The molecule has 0 amide bonds. The maximum Gasteiger partial charge on any atom is 0.143 e. The monoisotopic (exact) mass is 845 g/mol. The molecule has 304 valence electrons. The van der Waals surface area contributed by atoms with Crippen LogP contribution in [0.5, 0.6) is 0 Å². The summed E-state index contributed by atoms with van der Waals surface area (Å²) in [5.41, 5.74) is 14.3. The van der Waals surface area contributed by atoms with E-state index < -0.39 is 0 Å². The predicted octanol–water partition coefficient (Wildman–Crippen LogP) is 18.4. The van der Waals surface area contributed by atoms with Crippen LogP contribution < -0.4 is 4.90 Å². The van der Waals surface area contributed by atoms with E-state index in [1.165, 1.54) is 64.3 Å². The van der Waals surface area contributed by atoms with Gasteiger partial charge in [0.25, 0.3) is 0 Å². The van der Waals surface area contributed by atoms with Gasteiger partial charge in [-0.2, -0.15) is 0 Å². The average Bonchev–Trinajstić information content (AvgIpc) is 3.96. The van der Waals surface area contributed by atoms with Crippen LogP contribution in [-0.2, 0) is 0 Å². The topological polar surface area (TPSA) is 16.4 Å². The third-order valence-electron chi connectivity index (χ3n) is 13.1. The Balaban J connectivity index is 1.13. The first-order valence-electron chi connectivity index (χ1n) is 22.2. The Bertz CT molecular complexity index is 3920. The van der Waals surface area contributed by atoms with Crippen LogP contribution in [0.1, 0.15) is 0 Å². The molecule has 11 aromatic carbocycles. The highest BCUT2D eigenvalue weighted by atomic mass is 32.1. The molecule has 0 fully saturated rings. The Labute approximate surface area is 380 Å². The van der Waals surface area contributed by atoms with Crippen LogP contribution in [0.3, 0.4) is 0 Å². The number of thiophene rings is 1. The van der Waals surface area contributed by atoms with Crippen molar-refractivity contribution in [2.24, 2.45) is 0 Å². The minimum atomic E-state index is 0.842. The average molecular weight is 846 g/mol. The first-order valence-corrected chi connectivity index (χ1v) is 23.0. The fourth-order valence-electron chi connectivity index (χ4n) is 9.97. The second-order valence-corrected chi connectivity index (χ2v) is 17.8. The van der Waals surface area contributed by atoms with E-state index in [0.717, 1.165) is 60.9 Å². The van der Waals surface area contributed by atoms with Crippen molar-refractivity contribution < 1.29 is 4.42 Å². The summed E-state index contributed by atoms with van der Waals surface area (Å²) in [5.74, 6) is 0. The van der Waals surface area contributed by atoms with Gasteiger partial charge in [0.05, 0.1) is 21.5 Å². The molecule has 3 heteroatoms. The van der Waals surface area contributed by atoms with Crippen LogP contribution >= 0.6 is 11.3 Å². The van der Waals surface area contributed by atoms with Crippen molar-refractivity contribution in [2.45, 2.75) is 0 Å². The molecule has 0 unspecified atom stereocenters. The van der Waals surface area contributed by atoms with Crippen molar-refractivity contribution in [2.75, 3.05) is 4.90 Å². The molecular formula is C62H39NOS. The summed E-state index contributed by atoms with van der Waals surface area (Å²) in [5, 5.41) is 9.37. The Kier molecular flexibility index (Phi) is 8.75. The van der Waals surface area contributed by atoms with Gasteiger partial charge in [-0.15, -0.1) is 11.3 Å². The lowest BCUT2D eigenvalue weighted by atomic mass is 9.91. The van der Waals surface area contributed by atoms with Gasteiger partial charge in [0, 0.05) is 31.9 Å². The summed E-state index contributed by atoms with van der Waals surface area (Å²) in [6, 6.07) is 85.9. The highest BCUT2D eigenvalue weighted by Crippen LogP contribution is 2.51. The Morgan fingerprint density at radius 3 is 1.63 bits per heavy atom. The number of benzene rings is 11. The number of nitrogens with zero attached hydrogens (tertiary/aromatic N) is 1. The molecule has 0 aliphatic rings. The maximum atomic E-state index is 7.25. The van der Waals surface area contributed by atoms with E-state index in [9.17, 15) is 0 Å². The molecule has 0 saturated heterocycles. The summed E-state index contributed by atoms with van der Waals surface area (Å²) in [7, 11) is 0. The molecule has 2 heterocycles. The van der Waals surface area contributed by atoms with Gasteiger partial charge in [-0.25, -0.2) is 0 Å². The summed E-state index contributed by atoms with van der Waals surface area (Å²) in [4.78, 5) is 2.48. The molecule has 0 saturated carbocycles. The van der Waals surface area contributed by atoms with Gasteiger partial charge < -0.3 is 9.32 Å². The molecule has 0 N–H and O–H groups in total. The van der Waals surface area contributed by atoms with E-state index in [0.29, 0.717) is 0 Å². The summed E-state index contributed by atoms with van der Waals surface area (Å²) in [6.07, 6.45) is 0. The highest BCUT2D eigenvalue weighted by Gasteiger charge is 2.26. The van der Waals surface area contributed by atoms with Gasteiger partial charge in [-0.3, -0.25) is 0 Å². The van der Waals surface area contributed by atoms with Crippen molar-refractivity contribution in [3.8, 4) is 44.5 Å². The van der Waals surface area contributed by atoms with Gasteiger partial charge in [-0.1, -0.05) is 194 Å². The van der Waals surface area contributed by atoms with Crippen LogP contribution in [0.4, 0.5) is 17.1 Å². The number of hydrogen-bond donors (Lipinski definition) is 0. The van der Waals surface area contributed by atoms with Crippen molar-refractivity contribution >= 4 is 92.1 Å². The molecule has 0 radical (unpaired) electrons. The molecule has 0 bridgehead atoms. The fraction of sp³-hybridized carbons (Fsp3) is 0. The normalized spacial score (nSPS) is 11.7. The van der Waals surface area contributed by atoms with Crippen LogP contribution in [0.2, 0.25) is 0 Å². The van der Waals surface area contributed by atoms with E-state index in [1.54, 1.807) is 0 Å². The number of rotatable bonds is 7. The molecule has 0 aliphatic carbocycles. The van der Waals surface area contributed by atoms with Crippen LogP contribution in [0.15, 0.2) is 241 Å². The van der Waals surface area contributed by atoms with Crippen LogP contribution in [0, 0.1) is 0 Å². The standard InChI is InChI=1S/C62H39NOS/c1-3-15-40(16-4-1)42-29-31-44(32-30-42)46-37-57(60-55-39-54(49-25-13-20-45-19-7-8-21-48(45)49)50-22-9-10-24-52(50)61(55)64-58(60)38-46)63(47-35-33-43(34-36-47)41-17-5-2-6-18-41)56-27-14-26-53-51-23-11-12-28-59(51)65-62(53)56/h1-39H. The smallest absolute Gasteiger partial charge is 0.143 e. The second-order valence-electron chi connectivity index (χ2n) is 16.8. The highest BCUT2D eigenvalue weighted by molar-refractivity contribution is 7.26. The van der Waals surface area contributed by atoms with E-state index in [-0.39, 0.29) is 0 Å². The summed E-state index contributed by atoms with van der Waals surface area (Å²) < 4.78 is 9.76. The number of furan rings is 1. The number of anilines is 3. The molecule has 13 aromatic rings. The number of hydrogen-bond acceptors (Lipinski definition) is 3. The molecular weight excluding hydrogens is 807 g/mol. The first-order chi connectivity index (χ1) is 32.2. The van der Waals surface area contributed by atoms with Gasteiger partial charge in [0.1, 0.15) is 11.2 Å². The molecule has 0 spiro atoms. The second kappa shape index (κ2) is 15.2. The molecule has 13 rings (SSSR count). The van der Waals surface area contributed by atoms with E-state index in [2.05, 4.69) is 241 Å². The number of fused-ring (bicyclic) bond motifs is 9. The molecule has 0 aliphatic heterocycles. The summed E-state index contributed by atoms with van der Waals surface area (Å²) in [6.45, 7) is 0. The third-order valence-corrected chi connectivity index (χ3v) is 14.3. The van der Waals surface area contributed by atoms with Crippen molar-refractivity contribution in [3.05, 3.63) is 237 Å². The minimum Gasteiger partial charge on any atom is -0.455 e. The SMILES string of the molecule is c1ccc(-c2ccc(-c3cc(N(c4ccc(-c5ccccc5)cc4)c4cccc5c4sc4ccccc45)c4c(c3)oc3c5ccccc5c(-c5cccc6ccccc56)cc34)cc2)cc1. The van der Waals surface area contributed by atoms with Gasteiger partial charge in [-0.05, 0) is 103 Å². The molecule has 2 nitrogen and oxygen atoms in total. The van der Waals surface area contributed by atoms with Crippen LogP contribution in [0.25, 0.3) is 108 Å². The minimum absolute atomic E-state index is 0.842. The lowest BCUT2D eigenvalue weighted by molar-refractivity contribution is 0.673. The van der Waals surface area contributed by atoms with Crippen molar-refractivity contribution in [1.82, 2.24) is 0 Å². The van der Waals surface area contributed by atoms with Gasteiger partial charge >= 0.3 is 0 Å². The largest absolute Gasteiger partial charge is 0.455 e.